The molecule has 1 aliphatic rings. The third kappa shape index (κ3) is 4.01. The van der Waals surface area contributed by atoms with Crippen molar-refractivity contribution in [2.45, 2.75) is 30.7 Å². The van der Waals surface area contributed by atoms with Crippen molar-refractivity contribution in [3.8, 4) is 40.1 Å². The van der Waals surface area contributed by atoms with E-state index >= 15 is 0 Å². The van der Waals surface area contributed by atoms with Gasteiger partial charge in [-0.3, -0.25) is 4.79 Å². The number of aromatic hydroxyl groups is 4. The van der Waals surface area contributed by atoms with E-state index in [1.807, 2.05) is 0 Å². The fourth-order valence-corrected chi connectivity index (χ4v) is 3.50. The Balaban J connectivity index is 1.81. The predicted octanol–water partition coefficient (Wildman–Crippen LogP) is -0.539. The molecule has 0 unspecified atom stereocenters. The minimum absolute atomic E-state index is 0.0411. The van der Waals surface area contributed by atoms with Gasteiger partial charge in [0.25, 0.3) is 5.95 Å². The number of hydrogen-bond acceptors (Lipinski definition) is 12. The summed E-state index contributed by atoms with van der Waals surface area (Å²) in [6.07, 6.45) is -8.33. The molecule has 0 radical (unpaired) electrons. The Labute approximate surface area is 184 Å². The molecule has 1 saturated heterocycles. The average molecular weight is 464 g/mol. The van der Waals surface area contributed by atoms with E-state index in [0.29, 0.717) is 0 Å². The Hall–Kier alpha value is -3.55. The number of benzene rings is 2. The number of ether oxygens (including phenoxy) is 2. The van der Waals surface area contributed by atoms with E-state index < -0.39 is 71.7 Å². The fourth-order valence-electron chi connectivity index (χ4n) is 3.50. The number of hydrogen-bond donors (Lipinski definition) is 8. The lowest BCUT2D eigenvalue weighted by atomic mass is 9.99. The summed E-state index contributed by atoms with van der Waals surface area (Å²) in [5, 5.41) is 78.3. The normalized spacial score (nSPS) is 25.3. The number of phenolic OH excluding ortho intramolecular Hbond substituents is 4. The monoisotopic (exact) mass is 464 g/mol. The molecule has 33 heavy (non-hydrogen) atoms. The number of phenols is 4. The van der Waals surface area contributed by atoms with E-state index in [9.17, 15) is 45.6 Å². The van der Waals surface area contributed by atoms with Gasteiger partial charge in [0, 0.05) is 6.07 Å². The third-order valence-electron chi connectivity index (χ3n) is 5.25. The van der Waals surface area contributed by atoms with E-state index in [1.165, 1.54) is 6.07 Å². The number of aliphatic hydroxyl groups is 4. The van der Waals surface area contributed by atoms with Crippen LogP contribution < -0.4 is 10.2 Å². The van der Waals surface area contributed by atoms with Gasteiger partial charge in [0.1, 0.15) is 42.3 Å². The van der Waals surface area contributed by atoms with E-state index in [4.69, 9.17) is 13.9 Å². The summed E-state index contributed by atoms with van der Waals surface area (Å²) in [6, 6.07) is 5.43. The van der Waals surface area contributed by atoms with Crippen molar-refractivity contribution in [3.05, 3.63) is 40.6 Å². The average Bonchev–Trinajstić information content (AvgIpc) is 2.76. The van der Waals surface area contributed by atoms with Crippen LogP contribution in [0.1, 0.15) is 0 Å². The van der Waals surface area contributed by atoms with Crippen molar-refractivity contribution in [1.82, 2.24) is 0 Å². The smallest absolute Gasteiger partial charge is 0.297 e. The summed E-state index contributed by atoms with van der Waals surface area (Å²) >= 11 is 0. The highest BCUT2D eigenvalue weighted by atomic mass is 16.7. The summed E-state index contributed by atoms with van der Waals surface area (Å²) in [4.78, 5) is 13.2. The Morgan fingerprint density at radius 3 is 2.27 bits per heavy atom. The standard InChI is InChI=1S/C21H20O12/c22-8-4-9-15(26)14(7-1-2-10(23)11(24)3-7)21(33-19(9)12(25)5-8)31-6-13-16(27)17(28)18(29)20(30)32-13/h1-5,13,16-18,20,22-25,27-30H,6H2/t13-,16-,17+,18-,20-/m1/s1. The summed E-state index contributed by atoms with van der Waals surface area (Å²) in [7, 11) is 0. The van der Waals surface area contributed by atoms with Crippen LogP contribution >= 0.6 is 0 Å². The van der Waals surface area contributed by atoms with Crippen molar-refractivity contribution in [2.75, 3.05) is 6.61 Å². The lowest BCUT2D eigenvalue weighted by Crippen LogP contribution is -2.58. The Morgan fingerprint density at radius 1 is 0.848 bits per heavy atom. The van der Waals surface area contributed by atoms with Crippen LogP contribution in [0.2, 0.25) is 0 Å². The first-order valence-electron chi connectivity index (χ1n) is 9.64. The molecule has 5 atom stereocenters. The van der Waals surface area contributed by atoms with E-state index in [0.717, 1.165) is 24.3 Å². The first kappa shape index (κ1) is 22.6. The zero-order chi connectivity index (χ0) is 24.0. The maximum Gasteiger partial charge on any atom is 0.297 e. The molecule has 2 aromatic carbocycles. The molecule has 0 saturated carbocycles. The zero-order valence-electron chi connectivity index (χ0n) is 16.7. The van der Waals surface area contributed by atoms with Crippen LogP contribution in [-0.4, -0.2) is 78.2 Å². The maximum atomic E-state index is 13.2. The molecule has 0 spiro atoms. The third-order valence-corrected chi connectivity index (χ3v) is 5.25. The molecule has 0 amide bonds. The van der Waals surface area contributed by atoms with Crippen LogP contribution in [0.25, 0.3) is 22.1 Å². The molecule has 0 aliphatic carbocycles. The van der Waals surface area contributed by atoms with Gasteiger partial charge >= 0.3 is 0 Å². The molecule has 12 nitrogen and oxygen atoms in total. The molecule has 1 fully saturated rings. The lowest BCUT2D eigenvalue weighted by molar-refractivity contribution is -0.285. The number of rotatable bonds is 4. The Morgan fingerprint density at radius 2 is 1.58 bits per heavy atom. The highest BCUT2D eigenvalue weighted by molar-refractivity contribution is 5.89. The largest absolute Gasteiger partial charge is 0.508 e. The van der Waals surface area contributed by atoms with E-state index in [1.54, 1.807) is 0 Å². The van der Waals surface area contributed by atoms with Crippen molar-refractivity contribution >= 4 is 11.0 Å². The van der Waals surface area contributed by atoms with E-state index in [2.05, 4.69) is 0 Å². The van der Waals surface area contributed by atoms with Gasteiger partial charge in [0.2, 0.25) is 5.43 Å². The minimum Gasteiger partial charge on any atom is -0.508 e. The summed E-state index contributed by atoms with van der Waals surface area (Å²) < 4.78 is 16.1. The second-order valence-electron chi connectivity index (χ2n) is 7.49. The molecule has 4 rings (SSSR count). The van der Waals surface area contributed by atoms with Crippen LogP contribution in [-0.2, 0) is 4.74 Å². The lowest BCUT2D eigenvalue weighted by Gasteiger charge is -2.37. The summed E-state index contributed by atoms with van der Waals surface area (Å²) in [6.45, 7) is -0.577. The first-order chi connectivity index (χ1) is 15.6. The van der Waals surface area contributed by atoms with Crippen LogP contribution in [0.5, 0.6) is 28.9 Å². The molecule has 1 aliphatic heterocycles. The van der Waals surface area contributed by atoms with Crippen LogP contribution in [0.15, 0.2) is 39.5 Å². The summed E-state index contributed by atoms with van der Waals surface area (Å²) in [5.74, 6) is -2.50. The molecule has 0 bridgehead atoms. The molecular formula is C21H20O12. The highest BCUT2D eigenvalue weighted by Crippen LogP contribution is 2.38. The van der Waals surface area contributed by atoms with Crippen LogP contribution in [0, 0.1) is 0 Å². The summed E-state index contributed by atoms with van der Waals surface area (Å²) in [5.41, 5.74) is -1.34. The molecule has 2 heterocycles. The SMILES string of the molecule is O=c1c(-c2ccc(O)c(O)c2)c(OC[C@H]2O[C@@H](O)[C@H](O)[C@@H](O)[C@@H]2O)oc2c(O)cc(O)cc12. The molecule has 3 aromatic rings. The van der Waals surface area contributed by atoms with Crippen molar-refractivity contribution in [3.63, 3.8) is 0 Å². The second-order valence-corrected chi connectivity index (χ2v) is 7.49. The molecule has 1 aromatic heterocycles. The van der Waals surface area contributed by atoms with E-state index in [-0.39, 0.29) is 22.1 Å². The number of fused-ring (bicyclic) bond motifs is 1. The van der Waals surface area contributed by atoms with Gasteiger partial charge in [0.15, 0.2) is 29.1 Å². The van der Waals surface area contributed by atoms with Gasteiger partial charge in [-0.05, 0) is 23.8 Å². The van der Waals surface area contributed by atoms with Gasteiger partial charge < -0.3 is 54.7 Å². The Kier molecular flexibility index (Phi) is 5.78. The van der Waals surface area contributed by atoms with Crippen LogP contribution in [0.4, 0.5) is 0 Å². The molecule has 8 N–H and O–H groups in total. The van der Waals surface area contributed by atoms with Gasteiger partial charge in [0.05, 0.1) is 5.39 Å². The maximum absolute atomic E-state index is 13.2. The Bertz CT molecular complexity index is 1250. The highest BCUT2D eigenvalue weighted by Gasteiger charge is 2.43. The van der Waals surface area contributed by atoms with Gasteiger partial charge in [-0.1, -0.05) is 6.07 Å². The topological polar surface area (TPSA) is 211 Å². The van der Waals surface area contributed by atoms with Gasteiger partial charge in [-0.15, -0.1) is 0 Å². The minimum atomic E-state index is -1.82. The molecular weight excluding hydrogens is 444 g/mol. The number of aliphatic hydroxyl groups excluding tert-OH is 4. The van der Waals surface area contributed by atoms with Gasteiger partial charge in [-0.2, -0.15) is 0 Å². The zero-order valence-corrected chi connectivity index (χ0v) is 16.7. The van der Waals surface area contributed by atoms with Crippen LogP contribution in [0.3, 0.4) is 0 Å². The van der Waals surface area contributed by atoms with Crippen molar-refractivity contribution in [1.29, 1.82) is 0 Å². The molecule has 12 heteroatoms. The predicted molar refractivity (Wildman–Crippen MR) is 109 cm³/mol. The van der Waals surface area contributed by atoms with Crippen molar-refractivity contribution < 1.29 is 54.7 Å². The second kappa shape index (κ2) is 8.42. The fraction of sp³-hybridized carbons (Fsp3) is 0.286. The quantitative estimate of drug-likeness (QED) is 0.229. The first-order valence-corrected chi connectivity index (χ1v) is 9.64. The van der Waals surface area contributed by atoms with Gasteiger partial charge in [-0.25, -0.2) is 0 Å². The molecule has 176 valence electrons. The van der Waals surface area contributed by atoms with Crippen molar-refractivity contribution in [2.24, 2.45) is 0 Å².